The molecule has 146 valence electrons. The maximum atomic E-state index is 5.83. The molecule has 27 heavy (non-hydrogen) atoms. The highest BCUT2D eigenvalue weighted by molar-refractivity contribution is 5.79. The van der Waals surface area contributed by atoms with Crippen molar-refractivity contribution in [3.8, 4) is 0 Å². The number of imidazole rings is 1. The maximum Gasteiger partial charge on any atom is 0.191 e. The zero-order chi connectivity index (χ0) is 19.0. The number of rotatable bonds is 8. The van der Waals surface area contributed by atoms with Gasteiger partial charge in [0.05, 0.1) is 12.1 Å². The van der Waals surface area contributed by atoms with Crippen molar-refractivity contribution < 1.29 is 4.74 Å². The minimum Gasteiger partial charge on any atom is -0.373 e. The lowest BCUT2D eigenvalue weighted by molar-refractivity contribution is 0.0283. The molecule has 2 N–H and O–H groups in total. The first-order valence-electron chi connectivity index (χ1n) is 9.88. The maximum absolute atomic E-state index is 5.83. The average Bonchev–Trinajstić information content (AvgIpc) is 3.30. The van der Waals surface area contributed by atoms with Crippen LogP contribution in [0.3, 0.4) is 0 Å². The Balaban J connectivity index is 1.52. The minimum absolute atomic E-state index is 0.117. The molecule has 1 saturated heterocycles. The molecule has 1 aliphatic rings. The topological polar surface area (TPSA) is 63.5 Å². The summed E-state index contributed by atoms with van der Waals surface area (Å²) >= 11 is 0. The van der Waals surface area contributed by atoms with Crippen LogP contribution in [0.25, 0.3) is 0 Å². The van der Waals surface area contributed by atoms with Gasteiger partial charge in [-0.15, -0.1) is 0 Å². The Morgan fingerprint density at radius 2 is 2.15 bits per heavy atom. The number of aromatic nitrogens is 2. The van der Waals surface area contributed by atoms with Crippen LogP contribution in [-0.2, 0) is 17.7 Å². The molecule has 3 rings (SSSR count). The van der Waals surface area contributed by atoms with Crippen LogP contribution in [0.4, 0.5) is 0 Å². The highest BCUT2D eigenvalue weighted by atomic mass is 16.5. The third kappa shape index (κ3) is 5.82. The quantitative estimate of drug-likeness (QED) is 0.555. The molecule has 1 unspecified atom stereocenters. The number of guanidine groups is 1. The van der Waals surface area contributed by atoms with E-state index in [2.05, 4.69) is 58.3 Å². The van der Waals surface area contributed by atoms with Gasteiger partial charge >= 0.3 is 0 Å². The lowest BCUT2D eigenvalue weighted by Crippen LogP contribution is -2.40. The Bertz CT molecular complexity index is 719. The van der Waals surface area contributed by atoms with Crippen LogP contribution in [0.2, 0.25) is 0 Å². The molecule has 1 fully saturated rings. The standard InChI is InChI=1S/C21H31N5O/c1-3-22-20(25-17-21(2)11-7-15-27-21)24-12-10-19-23-13-14-26(19)16-18-8-5-4-6-9-18/h4-6,8-9,13-14H,3,7,10-12,15-17H2,1-2H3,(H2,22,24,25). The summed E-state index contributed by atoms with van der Waals surface area (Å²) in [4.78, 5) is 9.24. The van der Waals surface area contributed by atoms with E-state index in [1.807, 2.05) is 18.5 Å². The third-order valence-corrected chi connectivity index (χ3v) is 4.85. The SMILES string of the molecule is CCNC(=NCC1(C)CCCO1)NCCc1nccn1Cc1ccccc1. The van der Waals surface area contributed by atoms with Gasteiger partial charge in [0.2, 0.25) is 0 Å². The van der Waals surface area contributed by atoms with E-state index in [0.717, 1.165) is 57.3 Å². The van der Waals surface area contributed by atoms with E-state index in [0.29, 0.717) is 6.54 Å². The summed E-state index contributed by atoms with van der Waals surface area (Å²) < 4.78 is 8.03. The van der Waals surface area contributed by atoms with E-state index in [9.17, 15) is 0 Å². The zero-order valence-electron chi connectivity index (χ0n) is 16.4. The van der Waals surface area contributed by atoms with E-state index < -0.39 is 0 Å². The van der Waals surface area contributed by atoms with Crippen LogP contribution < -0.4 is 10.6 Å². The van der Waals surface area contributed by atoms with E-state index in [1.54, 1.807) is 0 Å². The molecule has 0 bridgehead atoms. The number of ether oxygens (including phenoxy) is 1. The van der Waals surface area contributed by atoms with Crippen LogP contribution in [-0.4, -0.2) is 47.4 Å². The first-order valence-corrected chi connectivity index (χ1v) is 9.88. The van der Waals surface area contributed by atoms with Gasteiger partial charge in [0.1, 0.15) is 5.82 Å². The molecule has 1 aromatic carbocycles. The molecule has 0 saturated carbocycles. The fraction of sp³-hybridized carbons (Fsp3) is 0.524. The fourth-order valence-corrected chi connectivity index (χ4v) is 3.33. The molecular formula is C21H31N5O. The Morgan fingerprint density at radius 1 is 1.30 bits per heavy atom. The largest absolute Gasteiger partial charge is 0.373 e. The van der Waals surface area contributed by atoms with E-state index in [1.165, 1.54) is 5.56 Å². The molecular weight excluding hydrogens is 338 g/mol. The normalized spacial score (nSPS) is 20.0. The van der Waals surface area contributed by atoms with E-state index in [-0.39, 0.29) is 5.60 Å². The van der Waals surface area contributed by atoms with Gasteiger partial charge in [0.25, 0.3) is 0 Å². The predicted molar refractivity (Wildman–Crippen MR) is 109 cm³/mol. The molecule has 2 heterocycles. The molecule has 1 aliphatic heterocycles. The lowest BCUT2D eigenvalue weighted by Gasteiger charge is -2.21. The summed E-state index contributed by atoms with van der Waals surface area (Å²) in [7, 11) is 0. The summed E-state index contributed by atoms with van der Waals surface area (Å²) in [5, 5.41) is 6.74. The van der Waals surface area contributed by atoms with E-state index >= 15 is 0 Å². The van der Waals surface area contributed by atoms with E-state index in [4.69, 9.17) is 9.73 Å². The number of nitrogens with one attached hydrogen (secondary N) is 2. The van der Waals surface area contributed by atoms with Crippen LogP contribution in [0, 0.1) is 0 Å². The Morgan fingerprint density at radius 3 is 2.89 bits per heavy atom. The lowest BCUT2D eigenvalue weighted by atomic mass is 10.0. The van der Waals surface area contributed by atoms with Gasteiger partial charge < -0.3 is 19.9 Å². The summed E-state index contributed by atoms with van der Waals surface area (Å²) in [6.07, 6.45) is 6.96. The first kappa shape index (κ1) is 19.4. The number of aliphatic imine (C=N–C) groups is 1. The van der Waals surface area contributed by atoms with Crippen LogP contribution in [0.15, 0.2) is 47.7 Å². The Labute approximate surface area is 162 Å². The van der Waals surface area contributed by atoms with Gasteiger partial charge in [-0.2, -0.15) is 0 Å². The first-order chi connectivity index (χ1) is 13.2. The smallest absolute Gasteiger partial charge is 0.191 e. The average molecular weight is 370 g/mol. The summed E-state index contributed by atoms with van der Waals surface area (Å²) in [5.41, 5.74) is 1.17. The number of nitrogens with zero attached hydrogens (tertiary/aromatic N) is 3. The van der Waals surface area contributed by atoms with Gasteiger partial charge in [0, 0.05) is 45.1 Å². The second-order valence-corrected chi connectivity index (χ2v) is 7.23. The minimum atomic E-state index is -0.117. The van der Waals surface area contributed by atoms with Crippen molar-refractivity contribution in [1.29, 1.82) is 0 Å². The number of hydrogen-bond acceptors (Lipinski definition) is 3. The van der Waals surface area contributed by atoms with Crippen molar-refractivity contribution in [2.45, 2.75) is 45.3 Å². The van der Waals surface area contributed by atoms with Gasteiger partial charge in [0.15, 0.2) is 5.96 Å². The molecule has 1 atom stereocenters. The highest BCUT2D eigenvalue weighted by Gasteiger charge is 2.29. The van der Waals surface area contributed by atoms with Crippen molar-refractivity contribution in [1.82, 2.24) is 20.2 Å². The zero-order valence-corrected chi connectivity index (χ0v) is 16.4. The number of hydrogen-bond donors (Lipinski definition) is 2. The molecule has 2 aromatic rings. The van der Waals surface area contributed by atoms with Gasteiger partial charge in [-0.05, 0) is 32.3 Å². The summed E-state index contributed by atoms with van der Waals surface area (Å²) in [5.74, 6) is 1.92. The van der Waals surface area contributed by atoms with Crippen molar-refractivity contribution in [2.24, 2.45) is 4.99 Å². The molecule has 0 amide bonds. The highest BCUT2D eigenvalue weighted by Crippen LogP contribution is 2.24. The van der Waals surface area contributed by atoms with Crippen molar-refractivity contribution in [3.63, 3.8) is 0 Å². The fourth-order valence-electron chi connectivity index (χ4n) is 3.33. The van der Waals surface area contributed by atoms with Crippen molar-refractivity contribution in [2.75, 3.05) is 26.2 Å². The van der Waals surface area contributed by atoms with Gasteiger partial charge in [-0.1, -0.05) is 30.3 Å². The van der Waals surface area contributed by atoms with Crippen LogP contribution >= 0.6 is 0 Å². The van der Waals surface area contributed by atoms with Crippen molar-refractivity contribution >= 4 is 5.96 Å². The van der Waals surface area contributed by atoms with Gasteiger partial charge in [-0.25, -0.2) is 4.98 Å². The van der Waals surface area contributed by atoms with Gasteiger partial charge in [-0.3, -0.25) is 4.99 Å². The summed E-state index contributed by atoms with van der Waals surface area (Å²) in [6, 6.07) is 10.5. The molecule has 0 aliphatic carbocycles. The molecule has 0 radical (unpaired) electrons. The second kappa shape index (κ2) is 9.55. The second-order valence-electron chi connectivity index (χ2n) is 7.23. The summed E-state index contributed by atoms with van der Waals surface area (Å²) in [6.45, 7) is 8.23. The third-order valence-electron chi connectivity index (χ3n) is 4.85. The number of benzene rings is 1. The van der Waals surface area contributed by atoms with Crippen LogP contribution in [0.5, 0.6) is 0 Å². The Kier molecular flexibility index (Phi) is 6.87. The molecule has 6 nitrogen and oxygen atoms in total. The monoisotopic (exact) mass is 369 g/mol. The molecule has 6 heteroatoms. The Hall–Kier alpha value is -2.34. The molecule has 0 spiro atoms. The molecule has 1 aromatic heterocycles. The van der Waals surface area contributed by atoms with Crippen molar-refractivity contribution in [3.05, 3.63) is 54.1 Å². The predicted octanol–water partition coefficient (Wildman–Crippen LogP) is 2.60. The van der Waals surface area contributed by atoms with Crippen LogP contribution in [0.1, 0.15) is 38.1 Å².